The molecule has 1 unspecified atom stereocenters. The number of nitrogens with zero attached hydrogens (tertiary/aromatic N) is 1. The highest BCUT2D eigenvalue weighted by Crippen LogP contribution is 2.45. The Morgan fingerprint density at radius 1 is 1.35 bits per heavy atom. The summed E-state index contributed by atoms with van der Waals surface area (Å²) in [6.45, 7) is 4.76. The maximum Gasteiger partial charge on any atom is 0.124 e. The van der Waals surface area contributed by atoms with E-state index in [2.05, 4.69) is 24.0 Å². The van der Waals surface area contributed by atoms with Gasteiger partial charge in [-0.1, -0.05) is 13.0 Å². The van der Waals surface area contributed by atoms with Crippen LogP contribution in [0.15, 0.2) is 12.1 Å². The van der Waals surface area contributed by atoms with Crippen LogP contribution in [0.25, 0.3) is 0 Å². The van der Waals surface area contributed by atoms with Gasteiger partial charge in [0.15, 0.2) is 0 Å². The second-order valence-electron chi connectivity index (χ2n) is 5.17. The molecule has 1 atom stereocenters. The molecule has 0 fully saturated rings. The van der Waals surface area contributed by atoms with Gasteiger partial charge in [-0.2, -0.15) is 0 Å². The third kappa shape index (κ3) is 1.62. The fourth-order valence-corrected chi connectivity index (χ4v) is 3.44. The molecule has 0 spiro atoms. The summed E-state index contributed by atoms with van der Waals surface area (Å²) in [6, 6.07) is 4.47. The molecule has 1 aromatic carbocycles. The molecule has 0 aromatic heterocycles. The quantitative estimate of drug-likeness (QED) is 0.774. The molecular formula is C15H21NO. The van der Waals surface area contributed by atoms with E-state index >= 15 is 0 Å². The highest BCUT2D eigenvalue weighted by Gasteiger charge is 2.30. The largest absolute Gasteiger partial charge is 0.496 e. The second kappa shape index (κ2) is 4.25. The van der Waals surface area contributed by atoms with Gasteiger partial charge in [-0.25, -0.2) is 0 Å². The molecule has 0 radical (unpaired) electrons. The van der Waals surface area contributed by atoms with E-state index in [9.17, 15) is 0 Å². The number of anilines is 1. The molecule has 92 valence electrons. The number of methoxy groups -OCH3 is 1. The van der Waals surface area contributed by atoms with Gasteiger partial charge in [-0.15, -0.1) is 0 Å². The molecule has 0 saturated heterocycles. The number of hydrogen-bond donors (Lipinski definition) is 0. The van der Waals surface area contributed by atoms with Gasteiger partial charge in [-0.3, -0.25) is 0 Å². The lowest BCUT2D eigenvalue weighted by molar-refractivity contribution is 0.405. The number of benzene rings is 1. The van der Waals surface area contributed by atoms with Crippen molar-refractivity contribution in [2.75, 3.05) is 25.1 Å². The monoisotopic (exact) mass is 231 g/mol. The normalized spacial score (nSPS) is 22.2. The van der Waals surface area contributed by atoms with Gasteiger partial charge in [0.1, 0.15) is 5.75 Å². The standard InChI is InChI=1S/C15H21NO/c1-3-11-8-10-16-9-4-5-13-14(17-2)7-6-12(11)15(13)16/h6-7,11H,3-5,8-10H2,1-2H3. The summed E-state index contributed by atoms with van der Waals surface area (Å²) >= 11 is 0. The average molecular weight is 231 g/mol. The molecule has 2 heterocycles. The summed E-state index contributed by atoms with van der Waals surface area (Å²) in [6.07, 6.45) is 5.02. The fraction of sp³-hybridized carbons (Fsp3) is 0.600. The first kappa shape index (κ1) is 10.9. The predicted molar refractivity (Wildman–Crippen MR) is 71.2 cm³/mol. The van der Waals surface area contributed by atoms with Crippen LogP contribution in [0.2, 0.25) is 0 Å². The molecule has 2 heteroatoms. The third-order valence-electron chi connectivity index (χ3n) is 4.34. The minimum atomic E-state index is 0.754. The average Bonchev–Trinajstić information content (AvgIpc) is 2.40. The predicted octanol–water partition coefficient (Wildman–Crippen LogP) is 3.35. The van der Waals surface area contributed by atoms with Gasteiger partial charge in [0, 0.05) is 24.3 Å². The zero-order valence-electron chi connectivity index (χ0n) is 10.8. The van der Waals surface area contributed by atoms with Crippen molar-refractivity contribution >= 4 is 5.69 Å². The summed E-state index contributed by atoms with van der Waals surface area (Å²) in [4.78, 5) is 2.57. The van der Waals surface area contributed by atoms with E-state index in [1.165, 1.54) is 50.0 Å². The van der Waals surface area contributed by atoms with Crippen molar-refractivity contribution in [3.05, 3.63) is 23.3 Å². The van der Waals surface area contributed by atoms with Gasteiger partial charge >= 0.3 is 0 Å². The maximum atomic E-state index is 5.53. The molecule has 1 aromatic rings. The molecular weight excluding hydrogens is 210 g/mol. The fourth-order valence-electron chi connectivity index (χ4n) is 3.44. The number of ether oxygens (including phenoxy) is 1. The number of rotatable bonds is 2. The van der Waals surface area contributed by atoms with Crippen LogP contribution < -0.4 is 9.64 Å². The summed E-state index contributed by atoms with van der Waals surface area (Å²) in [7, 11) is 1.79. The molecule has 3 rings (SSSR count). The van der Waals surface area contributed by atoms with Crippen LogP contribution in [-0.4, -0.2) is 20.2 Å². The van der Waals surface area contributed by atoms with E-state index in [0.717, 1.165) is 11.7 Å². The molecule has 0 saturated carbocycles. The van der Waals surface area contributed by atoms with Gasteiger partial charge in [0.25, 0.3) is 0 Å². The summed E-state index contributed by atoms with van der Waals surface area (Å²) in [5, 5.41) is 0. The van der Waals surface area contributed by atoms with Crippen LogP contribution in [0.5, 0.6) is 5.75 Å². The van der Waals surface area contributed by atoms with Crippen LogP contribution in [0.1, 0.15) is 43.2 Å². The Labute approximate surface area is 104 Å². The summed E-state index contributed by atoms with van der Waals surface area (Å²) in [5.41, 5.74) is 4.53. The van der Waals surface area contributed by atoms with E-state index in [1.807, 2.05) is 0 Å². The highest BCUT2D eigenvalue weighted by atomic mass is 16.5. The van der Waals surface area contributed by atoms with Crippen molar-refractivity contribution in [2.45, 2.75) is 38.5 Å². The Morgan fingerprint density at radius 2 is 2.24 bits per heavy atom. The van der Waals surface area contributed by atoms with E-state index in [-0.39, 0.29) is 0 Å². The Hall–Kier alpha value is -1.18. The molecule has 17 heavy (non-hydrogen) atoms. The highest BCUT2D eigenvalue weighted by molar-refractivity contribution is 5.68. The molecule has 2 aliphatic heterocycles. The first-order chi connectivity index (χ1) is 8.35. The topological polar surface area (TPSA) is 12.5 Å². The molecule has 0 bridgehead atoms. The van der Waals surface area contributed by atoms with Crippen molar-refractivity contribution in [3.63, 3.8) is 0 Å². The summed E-state index contributed by atoms with van der Waals surface area (Å²) < 4.78 is 5.53. The molecule has 2 nitrogen and oxygen atoms in total. The van der Waals surface area contributed by atoms with Gasteiger partial charge in [0.05, 0.1) is 7.11 Å². The lowest BCUT2D eigenvalue weighted by Gasteiger charge is -2.40. The lowest BCUT2D eigenvalue weighted by Crippen LogP contribution is -2.35. The Bertz CT molecular complexity index is 427. The van der Waals surface area contributed by atoms with Crippen molar-refractivity contribution in [3.8, 4) is 5.75 Å². The van der Waals surface area contributed by atoms with E-state index in [4.69, 9.17) is 4.74 Å². The lowest BCUT2D eigenvalue weighted by atomic mass is 9.83. The molecule has 0 aliphatic carbocycles. The van der Waals surface area contributed by atoms with Crippen molar-refractivity contribution < 1.29 is 4.74 Å². The third-order valence-corrected chi connectivity index (χ3v) is 4.34. The molecule has 2 aliphatic rings. The van der Waals surface area contributed by atoms with Crippen LogP contribution in [0.4, 0.5) is 5.69 Å². The second-order valence-corrected chi connectivity index (χ2v) is 5.17. The van der Waals surface area contributed by atoms with E-state index in [1.54, 1.807) is 12.7 Å². The van der Waals surface area contributed by atoms with E-state index in [0.29, 0.717) is 0 Å². The summed E-state index contributed by atoms with van der Waals surface area (Å²) in [5.74, 6) is 1.84. The smallest absolute Gasteiger partial charge is 0.124 e. The Kier molecular flexibility index (Phi) is 2.73. The number of hydrogen-bond acceptors (Lipinski definition) is 2. The maximum absolute atomic E-state index is 5.53. The van der Waals surface area contributed by atoms with Crippen LogP contribution >= 0.6 is 0 Å². The first-order valence-corrected chi connectivity index (χ1v) is 6.79. The molecule has 0 N–H and O–H groups in total. The zero-order valence-corrected chi connectivity index (χ0v) is 10.8. The minimum absolute atomic E-state index is 0.754. The van der Waals surface area contributed by atoms with Crippen LogP contribution in [0.3, 0.4) is 0 Å². The molecule has 0 amide bonds. The zero-order chi connectivity index (χ0) is 11.8. The first-order valence-electron chi connectivity index (χ1n) is 6.79. The van der Waals surface area contributed by atoms with Gasteiger partial charge < -0.3 is 9.64 Å². The minimum Gasteiger partial charge on any atom is -0.496 e. The van der Waals surface area contributed by atoms with Crippen molar-refractivity contribution in [1.29, 1.82) is 0 Å². The van der Waals surface area contributed by atoms with Crippen LogP contribution in [-0.2, 0) is 6.42 Å². The van der Waals surface area contributed by atoms with Crippen LogP contribution in [0, 0.1) is 0 Å². The van der Waals surface area contributed by atoms with Crippen molar-refractivity contribution in [1.82, 2.24) is 0 Å². The van der Waals surface area contributed by atoms with Gasteiger partial charge in [-0.05, 0) is 43.2 Å². The Balaban J connectivity index is 2.16. The van der Waals surface area contributed by atoms with Gasteiger partial charge in [0.2, 0.25) is 0 Å². The Morgan fingerprint density at radius 3 is 3.00 bits per heavy atom. The van der Waals surface area contributed by atoms with E-state index < -0.39 is 0 Å². The van der Waals surface area contributed by atoms with Crippen molar-refractivity contribution in [2.24, 2.45) is 0 Å². The SMILES string of the molecule is CCC1CCN2CCCc3c(OC)ccc1c32.